The average molecular weight is 416 g/mol. The fourth-order valence-electron chi connectivity index (χ4n) is 4.04. The van der Waals surface area contributed by atoms with E-state index in [1.807, 2.05) is 42.5 Å². The molecule has 0 radical (unpaired) electrons. The van der Waals surface area contributed by atoms with Crippen molar-refractivity contribution in [3.05, 3.63) is 60.0 Å². The molecule has 6 nitrogen and oxygen atoms in total. The van der Waals surface area contributed by atoms with Gasteiger partial charge in [-0.05, 0) is 31.4 Å². The number of aryl methyl sites for hydroxylation is 2. The summed E-state index contributed by atoms with van der Waals surface area (Å²) in [6.07, 6.45) is 8.31. The number of hydrogen-bond acceptors (Lipinski definition) is 5. The van der Waals surface area contributed by atoms with Gasteiger partial charge in [0.1, 0.15) is 22.4 Å². The van der Waals surface area contributed by atoms with Gasteiger partial charge in [0, 0.05) is 31.1 Å². The molecule has 0 atom stereocenters. The topological polar surface area (TPSA) is 86.7 Å². The highest BCUT2D eigenvalue weighted by atomic mass is 16.1. The number of nitrogen functional groups attached to an aromatic ring is 1. The highest BCUT2D eigenvalue weighted by Crippen LogP contribution is 2.28. The highest BCUT2D eigenvalue weighted by molar-refractivity contribution is 6.04. The molecular formula is C25H29N5O. The summed E-state index contributed by atoms with van der Waals surface area (Å²) >= 11 is 0. The summed E-state index contributed by atoms with van der Waals surface area (Å²) in [5, 5.41) is 0. The van der Waals surface area contributed by atoms with E-state index in [0.29, 0.717) is 12.2 Å². The van der Waals surface area contributed by atoms with Gasteiger partial charge < -0.3 is 10.3 Å². The molecule has 0 bridgehead atoms. The van der Waals surface area contributed by atoms with Crippen molar-refractivity contribution >= 4 is 33.7 Å². The normalized spacial score (nSPS) is 11.4. The molecule has 0 aliphatic rings. The number of rotatable bonds is 10. The molecule has 0 unspecified atom stereocenters. The number of hydrogen-bond donors (Lipinski definition) is 1. The van der Waals surface area contributed by atoms with Crippen molar-refractivity contribution < 1.29 is 4.79 Å². The Hall–Kier alpha value is -3.28. The summed E-state index contributed by atoms with van der Waals surface area (Å²) in [4.78, 5) is 26.3. The number of anilines is 1. The van der Waals surface area contributed by atoms with Crippen molar-refractivity contribution in [2.75, 3.05) is 5.73 Å². The number of Topliss-reactive ketones (excluding diaryl/α,β-unsaturated/α-hetero) is 1. The van der Waals surface area contributed by atoms with Crippen molar-refractivity contribution in [1.82, 2.24) is 19.5 Å². The Morgan fingerprint density at radius 1 is 0.968 bits per heavy atom. The van der Waals surface area contributed by atoms with Gasteiger partial charge in [-0.3, -0.25) is 9.78 Å². The summed E-state index contributed by atoms with van der Waals surface area (Å²) in [7, 11) is 0. The maximum atomic E-state index is 12.3. The molecule has 3 heterocycles. The van der Waals surface area contributed by atoms with E-state index in [4.69, 9.17) is 10.7 Å². The zero-order valence-electron chi connectivity index (χ0n) is 18.1. The number of unbranched alkanes of at least 4 members (excludes halogenated alkanes) is 3. The first-order chi connectivity index (χ1) is 15.2. The predicted molar refractivity (Wildman–Crippen MR) is 125 cm³/mol. The molecule has 0 saturated heterocycles. The molecule has 2 N–H and O–H groups in total. The lowest BCUT2D eigenvalue weighted by molar-refractivity contribution is 0.0979. The number of nitrogens with two attached hydrogens (primary N) is 1. The van der Waals surface area contributed by atoms with Crippen LogP contribution in [0.2, 0.25) is 0 Å². The highest BCUT2D eigenvalue weighted by Gasteiger charge is 2.17. The molecule has 4 aromatic rings. The number of carbonyl (C=O) groups excluding carboxylic acids is 1. The second-order valence-electron chi connectivity index (χ2n) is 7.95. The summed E-state index contributed by atoms with van der Waals surface area (Å²) < 4.78 is 2.28. The van der Waals surface area contributed by atoms with Crippen LogP contribution >= 0.6 is 0 Å². The monoisotopic (exact) mass is 415 g/mol. The van der Waals surface area contributed by atoms with E-state index in [2.05, 4.69) is 21.5 Å². The molecule has 0 aliphatic carbocycles. The van der Waals surface area contributed by atoms with Crippen molar-refractivity contribution in [2.24, 2.45) is 0 Å². The number of benzene rings is 1. The third-order valence-electron chi connectivity index (χ3n) is 5.68. The first-order valence-corrected chi connectivity index (χ1v) is 11.2. The fraction of sp³-hybridized carbons (Fsp3) is 0.360. The lowest BCUT2D eigenvalue weighted by atomic mass is 10.0. The van der Waals surface area contributed by atoms with Gasteiger partial charge in [0.25, 0.3) is 0 Å². The quantitative estimate of drug-likeness (QED) is 0.279. The summed E-state index contributed by atoms with van der Waals surface area (Å²) in [5.74, 6) is 1.72. The van der Waals surface area contributed by atoms with Gasteiger partial charge in [0.2, 0.25) is 0 Å². The lowest BCUT2D eigenvalue weighted by Gasteiger charge is -2.10. The van der Waals surface area contributed by atoms with E-state index < -0.39 is 0 Å². The van der Waals surface area contributed by atoms with E-state index >= 15 is 0 Å². The van der Waals surface area contributed by atoms with Crippen LogP contribution in [-0.4, -0.2) is 25.3 Å². The van der Waals surface area contributed by atoms with Crippen molar-refractivity contribution in [1.29, 1.82) is 0 Å². The Bertz CT molecular complexity index is 1180. The minimum Gasteiger partial charge on any atom is -0.382 e. The number of carbonyl (C=O) groups is 1. The van der Waals surface area contributed by atoms with Crippen LogP contribution in [0, 0.1) is 0 Å². The third-order valence-corrected chi connectivity index (χ3v) is 5.68. The van der Waals surface area contributed by atoms with Gasteiger partial charge >= 0.3 is 0 Å². The molecule has 0 saturated carbocycles. The number of nitrogens with zero attached hydrogens (tertiary/aromatic N) is 4. The molecule has 4 rings (SSSR count). The van der Waals surface area contributed by atoms with Gasteiger partial charge in [-0.25, -0.2) is 9.97 Å². The summed E-state index contributed by atoms with van der Waals surface area (Å²) in [6, 6.07) is 13.3. The molecule has 6 heteroatoms. The van der Waals surface area contributed by atoms with Crippen LogP contribution < -0.4 is 5.73 Å². The van der Waals surface area contributed by atoms with Crippen LogP contribution in [0.1, 0.15) is 61.6 Å². The molecular weight excluding hydrogens is 386 g/mol. The Morgan fingerprint density at radius 3 is 2.61 bits per heavy atom. The molecule has 31 heavy (non-hydrogen) atoms. The first kappa shape index (κ1) is 21.0. The Morgan fingerprint density at radius 2 is 1.81 bits per heavy atom. The van der Waals surface area contributed by atoms with Crippen LogP contribution in [0.15, 0.2) is 48.7 Å². The Kier molecular flexibility index (Phi) is 6.55. The summed E-state index contributed by atoms with van der Waals surface area (Å²) in [5.41, 5.74) is 10.4. The average Bonchev–Trinajstić information content (AvgIpc) is 3.17. The lowest BCUT2D eigenvalue weighted by Crippen LogP contribution is -2.06. The van der Waals surface area contributed by atoms with Gasteiger partial charge in [-0.2, -0.15) is 0 Å². The SMILES string of the molecule is CCCCc1nc2c(N)nc3cccnc3c2n1CCCCCC(=O)c1ccccc1. The van der Waals surface area contributed by atoms with Crippen molar-refractivity contribution in [3.8, 4) is 0 Å². The van der Waals surface area contributed by atoms with Gasteiger partial charge in [0.05, 0.1) is 5.52 Å². The zero-order valence-corrected chi connectivity index (χ0v) is 18.1. The standard InChI is InChI=1S/C25H29N5O/c1-2-3-15-21-29-23-24(22-19(28-25(23)26)13-10-16-27-22)30(21)17-9-5-8-14-20(31)18-11-6-4-7-12-18/h4,6-7,10-13,16H,2-3,5,8-9,14-15,17H2,1H3,(H2,26,28). The number of fused-ring (bicyclic) bond motifs is 3. The third kappa shape index (κ3) is 4.58. The first-order valence-electron chi connectivity index (χ1n) is 11.2. The maximum absolute atomic E-state index is 12.3. The second-order valence-corrected chi connectivity index (χ2v) is 7.95. The Labute approximate surface area is 182 Å². The van der Waals surface area contributed by atoms with Gasteiger partial charge in [0.15, 0.2) is 11.6 Å². The molecule has 160 valence electrons. The van der Waals surface area contributed by atoms with E-state index in [1.54, 1.807) is 6.20 Å². The zero-order chi connectivity index (χ0) is 21.6. The predicted octanol–water partition coefficient (Wildman–Crippen LogP) is 5.35. The minimum atomic E-state index is 0.214. The number of imidazole rings is 1. The minimum absolute atomic E-state index is 0.214. The van der Waals surface area contributed by atoms with E-state index in [1.165, 1.54) is 0 Å². The molecule has 0 fully saturated rings. The second kappa shape index (κ2) is 9.69. The largest absolute Gasteiger partial charge is 0.382 e. The molecule has 0 amide bonds. The smallest absolute Gasteiger partial charge is 0.162 e. The van der Waals surface area contributed by atoms with Crippen LogP contribution in [0.4, 0.5) is 5.82 Å². The van der Waals surface area contributed by atoms with E-state index in [9.17, 15) is 4.79 Å². The van der Waals surface area contributed by atoms with E-state index in [0.717, 1.165) is 78.5 Å². The fourth-order valence-corrected chi connectivity index (χ4v) is 4.04. The van der Waals surface area contributed by atoms with Crippen molar-refractivity contribution in [2.45, 2.75) is 58.4 Å². The molecule has 1 aromatic carbocycles. The Balaban J connectivity index is 1.51. The summed E-state index contributed by atoms with van der Waals surface area (Å²) in [6.45, 7) is 3.02. The molecule has 0 spiro atoms. The van der Waals surface area contributed by atoms with Crippen LogP contribution in [0.25, 0.3) is 22.1 Å². The molecule has 0 aliphatic heterocycles. The number of aromatic nitrogens is 4. The number of ketones is 1. The van der Waals surface area contributed by atoms with Crippen LogP contribution in [0.3, 0.4) is 0 Å². The number of pyridine rings is 2. The van der Waals surface area contributed by atoms with E-state index in [-0.39, 0.29) is 5.78 Å². The van der Waals surface area contributed by atoms with Crippen LogP contribution in [-0.2, 0) is 13.0 Å². The van der Waals surface area contributed by atoms with Gasteiger partial charge in [-0.1, -0.05) is 50.1 Å². The molecule has 3 aromatic heterocycles. The van der Waals surface area contributed by atoms with Crippen molar-refractivity contribution in [3.63, 3.8) is 0 Å². The van der Waals surface area contributed by atoms with Gasteiger partial charge in [-0.15, -0.1) is 0 Å². The van der Waals surface area contributed by atoms with Crippen LogP contribution in [0.5, 0.6) is 0 Å². The maximum Gasteiger partial charge on any atom is 0.162 e.